The molecule has 5 heteroatoms. The van der Waals surface area contributed by atoms with Gasteiger partial charge >= 0.3 is 0 Å². The lowest BCUT2D eigenvalue weighted by Crippen LogP contribution is -2.18. The van der Waals surface area contributed by atoms with Crippen molar-refractivity contribution >= 4 is 21.4 Å². The second-order valence-electron chi connectivity index (χ2n) is 6.75. The van der Waals surface area contributed by atoms with E-state index in [2.05, 4.69) is 5.32 Å². The minimum absolute atomic E-state index is 0.191. The molecular formula is C20H23NO3S. The van der Waals surface area contributed by atoms with Gasteiger partial charge in [-0.15, -0.1) is 0 Å². The molecule has 0 radical (unpaired) electrons. The van der Waals surface area contributed by atoms with Crippen LogP contribution in [0.1, 0.15) is 47.2 Å². The third-order valence-electron chi connectivity index (χ3n) is 4.81. The highest BCUT2D eigenvalue weighted by Crippen LogP contribution is 2.30. The third-order valence-corrected chi connectivity index (χ3v) is 7.09. The van der Waals surface area contributed by atoms with Crippen molar-refractivity contribution in [3.05, 3.63) is 59.2 Å². The molecule has 1 fully saturated rings. The van der Waals surface area contributed by atoms with Crippen LogP contribution in [-0.2, 0) is 9.84 Å². The van der Waals surface area contributed by atoms with E-state index in [9.17, 15) is 13.2 Å². The zero-order chi connectivity index (χ0) is 18.0. The molecule has 0 unspecified atom stereocenters. The molecule has 0 aromatic heterocycles. The van der Waals surface area contributed by atoms with E-state index in [0.717, 1.165) is 36.8 Å². The first-order chi connectivity index (χ1) is 11.9. The van der Waals surface area contributed by atoms with Crippen LogP contribution in [0.3, 0.4) is 0 Å². The number of hydrogen-bond donors (Lipinski definition) is 1. The molecule has 0 heterocycles. The number of nitrogens with one attached hydrogen (secondary N) is 1. The maximum Gasteiger partial charge on any atom is 0.255 e. The Kier molecular flexibility index (Phi) is 4.95. The first-order valence-electron chi connectivity index (χ1n) is 8.60. The summed E-state index contributed by atoms with van der Waals surface area (Å²) in [6.07, 6.45) is 3.45. The van der Waals surface area contributed by atoms with Crippen molar-refractivity contribution < 1.29 is 13.2 Å². The summed E-state index contributed by atoms with van der Waals surface area (Å²) in [5.41, 5.74) is 3.23. The number of benzene rings is 2. The monoisotopic (exact) mass is 357 g/mol. The number of aryl methyl sites for hydroxylation is 2. The summed E-state index contributed by atoms with van der Waals surface area (Å²) >= 11 is 0. The second-order valence-corrected chi connectivity index (χ2v) is 8.98. The van der Waals surface area contributed by atoms with Crippen LogP contribution in [0.25, 0.3) is 0 Å². The van der Waals surface area contributed by atoms with Crippen molar-refractivity contribution in [2.75, 3.05) is 5.32 Å². The SMILES string of the molecule is Cc1ccc(C(=O)Nc2ccc(S(=O)(=O)C3CCCC3)cc2)c(C)c1. The van der Waals surface area contributed by atoms with Gasteiger partial charge in [0, 0.05) is 11.3 Å². The van der Waals surface area contributed by atoms with Crippen molar-refractivity contribution in [2.24, 2.45) is 0 Å². The van der Waals surface area contributed by atoms with Gasteiger partial charge in [0.25, 0.3) is 5.91 Å². The number of carbonyl (C=O) groups is 1. The Hall–Kier alpha value is -2.14. The van der Waals surface area contributed by atoms with E-state index < -0.39 is 9.84 Å². The average Bonchev–Trinajstić information content (AvgIpc) is 3.10. The van der Waals surface area contributed by atoms with Gasteiger partial charge in [0.2, 0.25) is 0 Å². The Morgan fingerprint density at radius 1 is 1.00 bits per heavy atom. The average molecular weight is 357 g/mol. The molecule has 1 aliphatic carbocycles. The van der Waals surface area contributed by atoms with E-state index >= 15 is 0 Å². The molecule has 1 amide bonds. The molecular weight excluding hydrogens is 334 g/mol. The van der Waals surface area contributed by atoms with Gasteiger partial charge in [-0.1, -0.05) is 30.5 Å². The largest absolute Gasteiger partial charge is 0.322 e. The molecule has 0 spiro atoms. The van der Waals surface area contributed by atoms with Crippen LogP contribution < -0.4 is 5.32 Å². The molecule has 0 bridgehead atoms. The maximum absolute atomic E-state index is 12.6. The zero-order valence-electron chi connectivity index (χ0n) is 14.6. The number of anilines is 1. The molecule has 25 heavy (non-hydrogen) atoms. The smallest absolute Gasteiger partial charge is 0.255 e. The molecule has 1 N–H and O–H groups in total. The van der Waals surface area contributed by atoms with Crippen LogP contribution >= 0.6 is 0 Å². The van der Waals surface area contributed by atoms with Crippen LogP contribution in [-0.4, -0.2) is 19.6 Å². The zero-order valence-corrected chi connectivity index (χ0v) is 15.4. The number of rotatable bonds is 4. The lowest BCUT2D eigenvalue weighted by atomic mass is 10.1. The number of hydrogen-bond acceptors (Lipinski definition) is 3. The van der Waals surface area contributed by atoms with E-state index in [1.54, 1.807) is 30.3 Å². The number of carbonyl (C=O) groups excluding carboxylic acids is 1. The fourth-order valence-electron chi connectivity index (χ4n) is 3.39. The Balaban J connectivity index is 1.75. The van der Waals surface area contributed by atoms with E-state index in [-0.39, 0.29) is 11.2 Å². The van der Waals surface area contributed by atoms with Gasteiger partial charge in [-0.25, -0.2) is 8.42 Å². The van der Waals surface area contributed by atoms with E-state index in [1.165, 1.54) is 0 Å². The van der Waals surface area contributed by atoms with Crippen molar-refractivity contribution in [1.82, 2.24) is 0 Å². The summed E-state index contributed by atoms with van der Waals surface area (Å²) in [7, 11) is -3.26. The topological polar surface area (TPSA) is 63.2 Å². The summed E-state index contributed by atoms with van der Waals surface area (Å²) in [5, 5.41) is 2.57. The van der Waals surface area contributed by atoms with Gasteiger partial charge in [-0.2, -0.15) is 0 Å². The Labute approximate surface area is 149 Å². The molecule has 1 aliphatic rings. The minimum Gasteiger partial charge on any atom is -0.322 e. The second kappa shape index (κ2) is 7.00. The minimum atomic E-state index is -3.26. The molecule has 3 rings (SSSR count). The fourth-order valence-corrected chi connectivity index (χ4v) is 5.24. The van der Waals surface area contributed by atoms with Crippen LogP contribution in [0.5, 0.6) is 0 Å². The highest BCUT2D eigenvalue weighted by molar-refractivity contribution is 7.92. The van der Waals surface area contributed by atoms with Gasteiger partial charge in [0.05, 0.1) is 10.1 Å². The highest BCUT2D eigenvalue weighted by atomic mass is 32.2. The predicted molar refractivity (Wildman–Crippen MR) is 99.8 cm³/mol. The van der Waals surface area contributed by atoms with Crippen LogP contribution in [0.2, 0.25) is 0 Å². The van der Waals surface area contributed by atoms with Crippen molar-refractivity contribution in [3.8, 4) is 0 Å². The molecule has 0 atom stereocenters. The summed E-state index contributed by atoms with van der Waals surface area (Å²) in [4.78, 5) is 12.7. The standard InChI is InChI=1S/C20H23NO3S/c1-14-7-12-19(15(2)13-14)20(22)21-16-8-10-18(11-9-16)25(23,24)17-5-3-4-6-17/h7-13,17H,3-6H2,1-2H3,(H,21,22). The fraction of sp³-hybridized carbons (Fsp3) is 0.350. The maximum atomic E-state index is 12.6. The molecule has 4 nitrogen and oxygen atoms in total. The Morgan fingerprint density at radius 2 is 1.64 bits per heavy atom. The third kappa shape index (κ3) is 3.76. The molecule has 1 saturated carbocycles. The van der Waals surface area contributed by atoms with Crippen molar-refractivity contribution in [1.29, 1.82) is 0 Å². The van der Waals surface area contributed by atoms with Crippen LogP contribution in [0, 0.1) is 13.8 Å². The van der Waals surface area contributed by atoms with Crippen LogP contribution in [0.15, 0.2) is 47.4 Å². The predicted octanol–water partition coefficient (Wildman–Crippen LogP) is 4.27. The normalized spacial score (nSPS) is 15.3. The summed E-state index contributed by atoms with van der Waals surface area (Å²) in [6.45, 7) is 3.89. The van der Waals surface area contributed by atoms with E-state index in [0.29, 0.717) is 16.1 Å². The number of amides is 1. The van der Waals surface area contributed by atoms with Gasteiger partial charge in [0.1, 0.15) is 0 Å². The molecule has 132 valence electrons. The summed E-state index contributed by atoms with van der Waals surface area (Å²) in [6, 6.07) is 12.2. The number of sulfone groups is 1. The lowest BCUT2D eigenvalue weighted by molar-refractivity contribution is 0.102. The van der Waals surface area contributed by atoms with E-state index in [1.807, 2.05) is 26.0 Å². The lowest BCUT2D eigenvalue weighted by Gasteiger charge is -2.12. The van der Waals surface area contributed by atoms with Gasteiger partial charge in [-0.3, -0.25) is 4.79 Å². The summed E-state index contributed by atoms with van der Waals surface area (Å²) < 4.78 is 25.2. The van der Waals surface area contributed by atoms with Crippen LogP contribution in [0.4, 0.5) is 5.69 Å². The molecule has 0 aliphatic heterocycles. The molecule has 0 saturated heterocycles. The Bertz CT molecular complexity index is 880. The first-order valence-corrected chi connectivity index (χ1v) is 10.1. The molecule has 2 aromatic rings. The van der Waals surface area contributed by atoms with Gasteiger partial charge in [-0.05, 0) is 62.6 Å². The van der Waals surface area contributed by atoms with Crippen molar-refractivity contribution in [3.63, 3.8) is 0 Å². The molecule has 2 aromatic carbocycles. The van der Waals surface area contributed by atoms with Gasteiger partial charge < -0.3 is 5.32 Å². The quantitative estimate of drug-likeness (QED) is 0.889. The van der Waals surface area contributed by atoms with Gasteiger partial charge in [0.15, 0.2) is 9.84 Å². The highest BCUT2D eigenvalue weighted by Gasteiger charge is 2.30. The Morgan fingerprint density at radius 3 is 2.24 bits per heavy atom. The first kappa shape index (κ1) is 17.7. The van der Waals surface area contributed by atoms with Crippen molar-refractivity contribution in [2.45, 2.75) is 49.7 Å². The summed E-state index contributed by atoms with van der Waals surface area (Å²) in [5.74, 6) is -0.191. The van der Waals surface area contributed by atoms with E-state index in [4.69, 9.17) is 0 Å².